The third-order valence-corrected chi connectivity index (χ3v) is 2.97. The fraction of sp³-hybridized carbons (Fsp3) is 0.231. The van der Waals surface area contributed by atoms with Gasteiger partial charge in [0.15, 0.2) is 0 Å². The highest BCUT2D eigenvalue weighted by Gasteiger charge is 2.19. The van der Waals surface area contributed by atoms with E-state index in [2.05, 4.69) is 15.3 Å². The smallest absolute Gasteiger partial charge is 0.230 e. The van der Waals surface area contributed by atoms with Crippen molar-refractivity contribution in [1.29, 1.82) is 0 Å². The minimum absolute atomic E-state index is 0.514. The molecular weight excluding hydrogens is 228 g/mol. The average Bonchev–Trinajstić information content (AvgIpc) is 2.46. The fourth-order valence-corrected chi connectivity index (χ4v) is 2.03. The van der Waals surface area contributed by atoms with Crippen LogP contribution < -0.4 is 10.2 Å². The summed E-state index contributed by atoms with van der Waals surface area (Å²) >= 11 is 0. The van der Waals surface area contributed by atoms with E-state index in [0.717, 1.165) is 17.4 Å². The lowest BCUT2D eigenvalue weighted by Gasteiger charge is -2.27. The van der Waals surface area contributed by atoms with Crippen molar-refractivity contribution in [2.45, 2.75) is 0 Å². The van der Waals surface area contributed by atoms with Gasteiger partial charge in [0.05, 0.1) is 5.52 Å². The Morgan fingerprint density at radius 3 is 3.11 bits per heavy atom. The number of nitrogens with zero attached hydrogens (tertiary/aromatic N) is 3. The van der Waals surface area contributed by atoms with Gasteiger partial charge in [0.1, 0.15) is 11.6 Å². The third-order valence-electron chi connectivity index (χ3n) is 2.97. The Morgan fingerprint density at radius 1 is 1.33 bits per heavy atom. The van der Waals surface area contributed by atoms with Crippen molar-refractivity contribution in [1.82, 2.24) is 15.3 Å². The van der Waals surface area contributed by atoms with E-state index in [1.54, 1.807) is 6.20 Å². The number of anilines is 1. The van der Waals surface area contributed by atoms with Gasteiger partial charge in [-0.1, -0.05) is 18.2 Å². The lowest BCUT2D eigenvalue weighted by Crippen LogP contribution is -2.42. The molecule has 1 aromatic carbocycles. The monoisotopic (exact) mass is 240 g/mol. The molecule has 1 aliphatic rings. The summed E-state index contributed by atoms with van der Waals surface area (Å²) in [4.78, 5) is 21.5. The van der Waals surface area contributed by atoms with Crippen molar-refractivity contribution in [2.24, 2.45) is 0 Å². The molecule has 18 heavy (non-hydrogen) atoms. The lowest BCUT2D eigenvalue weighted by atomic mass is 10.2. The van der Waals surface area contributed by atoms with Gasteiger partial charge in [0.2, 0.25) is 5.95 Å². The minimum Gasteiger partial charge on any atom is -0.309 e. The van der Waals surface area contributed by atoms with Crippen molar-refractivity contribution in [3.63, 3.8) is 0 Å². The molecule has 1 fully saturated rings. The van der Waals surface area contributed by atoms with Crippen LogP contribution in [0.15, 0.2) is 36.2 Å². The summed E-state index contributed by atoms with van der Waals surface area (Å²) in [6, 6.07) is 7.79. The van der Waals surface area contributed by atoms with Crippen LogP contribution in [0.2, 0.25) is 0 Å². The zero-order chi connectivity index (χ0) is 12.4. The van der Waals surface area contributed by atoms with Crippen LogP contribution in [-0.2, 0) is 4.79 Å². The first-order chi connectivity index (χ1) is 8.88. The number of para-hydroxylation sites is 1. The van der Waals surface area contributed by atoms with E-state index in [1.807, 2.05) is 35.1 Å². The molecule has 1 saturated heterocycles. The van der Waals surface area contributed by atoms with Crippen LogP contribution in [0, 0.1) is 0 Å². The maximum absolute atomic E-state index is 10.9. The van der Waals surface area contributed by atoms with Crippen LogP contribution in [-0.4, -0.2) is 35.5 Å². The predicted molar refractivity (Wildman–Crippen MR) is 69.0 cm³/mol. The molecule has 0 aliphatic carbocycles. The maximum Gasteiger partial charge on any atom is 0.230 e. The molecule has 0 unspecified atom stereocenters. The van der Waals surface area contributed by atoms with E-state index in [4.69, 9.17) is 0 Å². The molecular formula is C13H12N4O. The second-order valence-corrected chi connectivity index (χ2v) is 4.11. The standard InChI is InChI=1S/C13H12N4O/c18-9-11-8-14-5-6-17(11)13-15-7-10-3-1-2-4-12(10)16-13/h1-4,7,14H,5-6,8H2. The number of carbonyl (C=O) groups excluding carboxylic acids is 1. The SMILES string of the molecule is O=C=C1CNCCN1c1ncc2ccccc2n1. The van der Waals surface area contributed by atoms with Gasteiger partial charge in [-0.05, 0) is 6.07 Å². The van der Waals surface area contributed by atoms with Crippen molar-refractivity contribution in [3.05, 3.63) is 36.2 Å². The van der Waals surface area contributed by atoms with Gasteiger partial charge in [-0.3, -0.25) is 0 Å². The van der Waals surface area contributed by atoms with Crippen molar-refractivity contribution >= 4 is 22.8 Å². The van der Waals surface area contributed by atoms with Gasteiger partial charge >= 0.3 is 0 Å². The van der Waals surface area contributed by atoms with E-state index < -0.39 is 0 Å². The zero-order valence-electron chi connectivity index (χ0n) is 9.76. The Hall–Kier alpha value is -2.23. The van der Waals surface area contributed by atoms with Crippen LogP contribution in [0.5, 0.6) is 0 Å². The quantitative estimate of drug-likeness (QED) is 0.746. The topological polar surface area (TPSA) is 58.1 Å². The molecule has 0 atom stereocenters. The molecule has 3 rings (SSSR count). The predicted octanol–water partition coefficient (Wildman–Crippen LogP) is 0.755. The summed E-state index contributed by atoms with van der Waals surface area (Å²) in [5.41, 5.74) is 1.43. The normalized spacial score (nSPS) is 15.8. The number of nitrogens with one attached hydrogen (secondary N) is 1. The molecule has 5 heteroatoms. The molecule has 1 N–H and O–H groups in total. The van der Waals surface area contributed by atoms with E-state index in [9.17, 15) is 4.79 Å². The molecule has 2 heterocycles. The second kappa shape index (κ2) is 4.56. The van der Waals surface area contributed by atoms with E-state index in [-0.39, 0.29) is 0 Å². The molecule has 5 nitrogen and oxygen atoms in total. The van der Waals surface area contributed by atoms with Crippen LogP contribution in [0.25, 0.3) is 10.9 Å². The van der Waals surface area contributed by atoms with Gasteiger partial charge in [0, 0.05) is 31.2 Å². The first-order valence-electron chi connectivity index (χ1n) is 5.82. The van der Waals surface area contributed by atoms with Crippen LogP contribution in [0.3, 0.4) is 0 Å². The third kappa shape index (κ3) is 1.86. The molecule has 0 bridgehead atoms. The molecule has 0 saturated carbocycles. The Labute approximate surface area is 104 Å². The molecule has 90 valence electrons. The Kier molecular flexibility index (Phi) is 2.76. The Morgan fingerprint density at radius 2 is 2.22 bits per heavy atom. The number of hydrogen-bond donors (Lipinski definition) is 1. The molecule has 1 aliphatic heterocycles. The summed E-state index contributed by atoms with van der Waals surface area (Å²) < 4.78 is 0. The molecule has 0 spiro atoms. The Bertz CT molecular complexity index is 634. The first kappa shape index (κ1) is 10.9. The molecule has 0 amide bonds. The summed E-state index contributed by atoms with van der Waals surface area (Å²) in [6.45, 7) is 2.00. The van der Waals surface area contributed by atoms with Crippen LogP contribution in [0.4, 0.5) is 5.95 Å². The number of rotatable bonds is 1. The zero-order valence-corrected chi connectivity index (χ0v) is 9.76. The highest BCUT2D eigenvalue weighted by atomic mass is 16.1. The minimum atomic E-state index is 0.514. The second-order valence-electron chi connectivity index (χ2n) is 4.11. The van der Waals surface area contributed by atoms with E-state index in [0.29, 0.717) is 24.7 Å². The fourth-order valence-electron chi connectivity index (χ4n) is 2.03. The van der Waals surface area contributed by atoms with Gasteiger partial charge in [-0.2, -0.15) is 0 Å². The lowest BCUT2D eigenvalue weighted by molar-refractivity contribution is 0.558. The molecule has 0 radical (unpaired) electrons. The first-order valence-corrected chi connectivity index (χ1v) is 5.82. The number of fused-ring (bicyclic) bond motifs is 1. The Balaban J connectivity index is 2.05. The van der Waals surface area contributed by atoms with Gasteiger partial charge < -0.3 is 10.2 Å². The van der Waals surface area contributed by atoms with Crippen molar-refractivity contribution in [3.8, 4) is 0 Å². The number of aromatic nitrogens is 2. The highest BCUT2D eigenvalue weighted by molar-refractivity contribution is 5.79. The number of piperazine rings is 1. The summed E-state index contributed by atoms with van der Waals surface area (Å²) in [7, 11) is 0. The van der Waals surface area contributed by atoms with Crippen molar-refractivity contribution < 1.29 is 4.79 Å². The van der Waals surface area contributed by atoms with Gasteiger partial charge in [-0.25, -0.2) is 14.8 Å². The highest BCUT2D eigenvalue weighted by Crippen LogP contribution is 2.17. The van der Waals surface area contributed by atoms with Gasteiger partial charge in [-0.15, -0.1) is 0 Å². The maximum atomic E-state index is 10.9. The molecule has 1 aromatic heterocycles. The number of hydrogen-bond acceptors (Lipinski definition) is 5. The molecule has 2 aromatic rings. The van der Waals surface area contributed by atoms with Crippen molar-refractivity contribution in [2.75, 3.05) is 24.5 Å². The van der Waals surface area contributed by atoms with Gasteiger partial charge in [0.25, 0.3) is 0 Å². The summed E-state index contributed by atoms with van der Waals surface area (Å²) in [5.74, 6) is 2.51. The van der Waals surface area contributed by atoms with Crippen LogP contribution >= 0.6 is 0 Å². The van der Waals surface area contributed by atoms with Crippen LogP contribution in [0.1, 0.15) is 0 Å². The van der Waals surface area contributed by atoms with E-state index in [1.165, 1.54) is 0 Å². The van der Waals surface area contributed by atoms with E-state index >= 15 is 0 Å². The number of benzene rings is 1. The average molecular weight is 240 g/mol. The largest absolute Gasteiger partial charge is 0.309 e. The summed E-state index contributed by atoms with van der Waals surface area (Å²) in [6.07, 6.45) is 1.78. The summed E-state index contributed by atoms with van der Waals surface area (Å²) in [5, 5.41) is 4.12.